The van der Waals surface area contributed by atoms with Crippen LogP contribution in [0.15, 0.2) is 71.6 Å². The number of carboxylic acids is 1. The van der Waals surface area contributed by atoms with Crippen molar-refractivity contribution < 1.29 is 27.8 Å². The number of carboxylic acid groups (broad SMARTS) is 1. The maximum atomic E-state index is 11.3. The fraction of sp³-hybridized carbons (Fsp3) is 0.240. The van der Waals surface area contributed by atoms with Gasteiger partial charge in [0.25, 0.3) is 0 Å². The first-order valence-corrected chi connectivity index (χ1v) is 12.5. The first-order chi connectivity index (χ1) is 16.3. The number of para-hydroxylation sites is 1. The Morgan fingerprint density at radius 2 is 1.47 bits per heavy atom. The van der Waals surface area contributed by atoms with Crippen molar-refractivity contribution in [1.29, 1.82) is 0 Å². The number of benzene rings is 3. The summed E-state index contributed by atoms with van der Waals surface area (Å²) < 4.78 is 36.2. The third kappa shape index (κ3) is 5.49. The number of fused-ring (bicyclic) bond motifs is 3. The number of unbranched alkanes of at least 4 members (excludes halogenated alkanes) is 1. The van der Waals surface area contributed by atoms with Gasteiger partial charge in [0, 0.05) is 28.9 Å². The third-order valence-electron chi connectivity index (χ3n) is 5.52. The highest BCUT2D eigenvalue weighted by molar-refractivity contribution is 7.89. The van der Waals surface area contributed by atoms with E-state index in [1.54, 1.807) is 12.1 Å². The monoisotopic (exact) mass is 482 g/mol. The largest absolute Gasteiger partial charge is 0.494 e. The lowest BCUT2D eigenvalue weighted by Gasteiger charge is -2.10. The molecule has 9 heteroatoms. The van der Waals surface area contributed by atoms with Crippen LogP contribution in [0.4, 0.5) is 0 Å². The molecule has 0 bridgehead atoms. The number of nitrogens with two attached hydrogens (primary N) is 1. The van der Waals surface area contributed by atoms with E-state index in [-0.39, 0.29) is 11.3 Å². The molecular formula is C25H26N2O6S. The van der Waals surface area contributed by atoms with E-state index in [1.807, 2.05) is 47.0 Å². The zero-order valence-corrected chi connectivity index (χ0v) is 19.3. The highest BCUT2D eigenvalue weighted by Crippen LogP contribution is 2.32. The molecule has 0 fully saturated rings. The van der Waals surface area contributed by atoms with Crippen LogP contribution in [0.5, 0.6) is 11.5 Å². The third-order valence-corrected chi connectivity index (χ3v) is 6.45. The van der Waals surface area contributed by atoms with E-state index in [0.717, 1.165) is 40.4 Å². The Bertz CT molecular complexity index is 1410. The molecule has 0 atom stereocenters. The molecule has 8 nitrogen and oxygen atoms in total. The summed E-state index contributed by atoms with van der Waals surface area (Å²) in [6.07, 6.45) is 1.58. The molecule has 3 aromatic carbocycles. The average molecular weight is 483 g/mol. The number of aryl methyl sites for hydroxylation is 1. The highest BCUT2D eigenvalue weighted by atomic mass is 32.2. The lowest BCUT2D eigenvalue weighted by molar-refractivity contribution is -0.137. The van der Waals surface area contributed by atoms with E-state index in [9.17, 15) is 13.2 Å². The Labute approximate surface area is 197 Å². The van der Waals surface area contributed by atoms with Gasteiger partial charge in [0.2, 0.25) is 10.0 Å². The maximum Gasteiger partial charge on any atom is 0.305 e. The van der Waals surface area contributed by atoms with Crippen molar-refractivity contribution in [1.82, 2.24) is 4.57 Å². The number of rotatable bonds is 11. The predicted octanol–water partition coefficient (Wildman–Crippen LogP) is 4.15. The summed E-state index contributed by atoms with van der Waals surface area (Å²) in [6.45, 7) is 1.37. The highest BCUT2D eigenvalue weighted by Gasteiger charge is 2.12. The zero-order valence-electron chi connectivity index (χ0n) is 18.5. The quantitative estimate of drug-likeness (QED) is 0.310. The molecule has 0 saturated carbocycles. The van der Waals surface area contributed by atoms with E-state index in [0.29, 0.717) is 25.5 Å². The van der Waals surface area contributed by atoms with Gasteiger partial charge in [0.1, 0.15) is 11.5 Å². The fourth-order valence-corrected chi connectivity index (χ4v) is 4.39. The lowest BCUT2D eigenvalue weighted by Crippen LogP contribution is -2.11. The molecule has 0 spiro atoms. The molecule has 0 amide bonds. The normalized spacial score (nSPS) is 11.7. The fourth-order valence-electron chi connectivity index (χ4n) is 3.88. The summed E-state index contributed by atoms with van der Waals surface area (Å²) in [5, 5.41) is 16.4. The van der Waals surface area contributed by atoms with Crippen molar-refractivity contribution in [3.05, 3.63) is 66.7 Å². The lowest BCUT2D eigenvalue weighted by atomic mass is 10.1. The van der Waals surface area contributed by atoms with E-state index >= 15 is 0 Å². The van der Waals surface area contributed by atoms with E-state index < -0.39 is 16.0 Å². The number of sulfonamides is 1. The standard InChI is InChI=1S/C25H26N2O6S/c26-34(30,31)20-10-7-18(8-11-20)32-15-3-4-16-33-19-9-12-22-21-5-1-2-6-23(21)27(24(22)17-19)14-13-25(28)29/h1-2,5-12,17H,3-4,13-16H2,(H,28,29)(H2,26,30,31). The molecular weight excluding hydrogens is 456 g/mol. The van der Waals surface area contributed by atoms with Gasteiger partial charge in [0.15, 0.2) is 0 Å². The van der Waals surface area contributed by atoms with Crippen molar-refractivity contribution in [3.8, 4) is 11.5 Å². The Balaban J connectivity index is 1.33. The van der Waals surface area contributed by atoms with Gasteiger partial charge in [-0.15, -0.1) is 0 Å². The van der Waals surface area contributed by atoms with Gasteiger partial charge < -0.3 is 19.1 Å². The van der Waals surface area contributed by atoms with Gasteiger partial charge in [-0.3, -0.25) is 4.79 Å². The molecule has 4 aromatic rings. The molecule has 0 aliphatic rings. The first-order valence-electron chi connectivity index (χ1n) is 10.9. The van der Waals surface area contributed by atoms with Crippen molar-refractivity contribution in [2.45, 2.75) is 30.7 Å². The molecule has 0 unspecified atom stereocenters. The summed E-state index contributed by atoms with van der Waals surface area (Å²) >= 11 is 0. The number of hydrogen-bond donors (Lipinski definition) is 2. The van der Waals surface area contributed by atoms with Crippen LogP contribution in [0.3, 0.4) is 0 Å². The summed E-state index contributed by atoms with van der Waals surface area (Å²) in [7, 11) is -3.71. The van der Waals surface area contributed by atoms with Gasteiger partial charge in [-0.05, 0) is 55.3 Å². The van der Waals surface area contributed by atoms with E-state index in [4.69, 9.17) is 19.7 Å². The van der Waals surface area contributed by atoms with Crippen LogP contribution in [0.2, 0.25) is 0 Å². The number of hydrogen-bond acceptors (Lipinski definition) is 5. The topological polar surface area (TPSA) is 121 Å². The SMILES string of the molecule is NS(=O)(=O)c1ccc(OCCCCOc2ccc3c4ccccc4n(CCC(=O)O)c3c2)cc1. The van der Waals surface area contributed by atoms with Gasteiger partial charge in [-0.25, -0.2) is 13.6 Å². The van der Waals surface area contributed by atoms with Crippen molar-refractivity contribution in [2.75, 3.05) is 13.2 Å². The number of aromatic nitrogens is 1. The predicted molar refractivity (Wildman–Crippen MR) is 130 cm³/mol. The Morgan fingerprint density at radius 3 is 2.15 bits per heavy atom. The molecule has 4 rings (SSSR count). The average Bonchev–Trinajstić information content (AvgIpc) is 3.12. The second-order valence-electron chi connectivity index (χ2n) is 7.91. The number of aliphatic carboxylic acids is 1. The summed E-state index contributed by atoms with van der Waals surface area (Å²) in [4.78, 5) is 11.2. The summed E-state index contributed by atoms with van der Waals surface area (Å²) in [5.74, 6) is 0.472. The van der Waals surface area contributed by atoms with Crippen LogP contribution < -0.4 is 14.6 Å². The molecule has 1 heterocycles. The van der Waals surface area contributed by atoms with E-state index in [1.165, 1.54) is 12.1 Å². The molecule has 178 valence electrons. The van der Waals surface area contributed by atoms with Gasteiger partial charge in [0.05, 0.1) is 30.0 Å². The minimum atomic E-state index is -3.71. The van der Waals surface area contributed by atoms with Crippen molar-refractivity contribution >= 4 is 37.8 Å². The van der Waals surface area contributed by atoms with Crippen LogP contribution in [0, 0.1) is 0 Å². The Morgan fingerprint density at radius 1 is 0.853 bits per heavy atom. The second kappa shape index (κ2) is 10.1. The molecule has 34 heavy (non-hydrogen) atoms. The number of carbonyl (C=O) groups is 1. The van der Waals surface area contributed by atoms with Crippen LogP contribution in [-0.4, -0.2) is 37.3 Å². The Kier molecular flexibility index (Phi) is 7.04. The minimum absolute atomic E-state index is 0.0453. The summed E-state index contributed by atoms with van der Waals surface area (Å²) in [5.41, 5.74) is 1.95. The van der Waals surface area contributed by atoms with Crippen LogP contribution in [0.1, 0.15) is 19.3 Å². The summed E-state index contributed by atoms with van der Waals surface area (Å²) in [6, 6.07) is 19.9. The van der Waals surface area contributed by atoms with Gasteiger partial charge >= 0.3 is 5.97 Å². The second-order valence-corrected chi connectivity index (χ2v) is 9.47. The molecule has 0 radical (unpaired) electrons. The maximum absolute atomic E-state index is 11.3. The van der Waals surface area contributed by atoms with Crippen molar-refractivity contribution in [3.63, 3.8) is 0 Å². The van der Waals surface area contributed by atoms with Crippen LogP contribution in [-0.2, 0) is 21.4 Å². The van der Waals surface area contributed by atoms with Crippen LogP contribution in [0.25, 0.3) is 21.8 Å². The molecule has 0 saturated heterocycles. The molecule has 0 aliphatic heterocycles. The first kappa shape index (κ1) is 23.6. The molecule has 1 aromatic heterocycles. The van der Waals surface area contributed by atoms with Crippen LogP contribution >= 0.6 is 0 Å². The number of nitrogens with zero attached hydrogens (tertiary/aromatic N) is 1. The molecule has 3 N–H and O–H groups in total. The molecule has 0 aliphatic carbocycles. The Hall–Kier alpha value is -3.56. The zero-order chi connectivity index (χ0) is 24.1. The van der Waals surface area contributed by atoms with Crippen molar-refractivity contribution in [2.24, 2.45) is 5.14 Å². The van der Waals surface area contributed by atoms with Gasteiger partial charge in [-0.2, -0.15) is 0 Å². The minimum Gasteiger partial charge on any atom is -0.494 e. The van der Waals surface area contributed by atoms with E-state index in [2.05, 4.69) is 0 Å². The number of primary sulfonamides is 1. The smallest absolute Gasteiger partial charge is 0.305 e. The number of ether oxygens (including phenoxy) is 2. The van der Waals surface area contributed by atoms with Gasteiger partial charge in [-0.1, -0.05) is 18.2 Å².